The van der Waals surface area contributed by atoms with Gasteiger partial charge in [-0.2, -0.15) is 0 Å². The number of rotatable bonds is 6. The summed E-state index contributed by atoms with van der Waals surface area (Å²) in [7, 11) is 3.91. The van der Waals surface area contributed by atoms with Gasteiger partial charge in [-0.15, -0.1) is 23.1 Å². The third-order valence-electron chi connectivity index (χ3n) is 4.29. The number of nitrogens with one attached hydrogen (secondary N) is 1. The van der Waals surface area contributed by atoms with Crippen LogP contribution in [0.15, 0.2) is 41.8 Å². The first kappa shape index (κ1) is 20.2. The number of amides is 2. The predicted molar refractivity (Wildman–Crippen MR) is 112 cm³/mol. The molecule has 2 heterocycles. The van der Waals surface area contributed by atoms with Gasteiger partial charge in [-0.25, -0.2) is 0 Å². The molecule has 0 radical (unpaired) electrons. The maximum Gasteiger partial charge on any atom is 0.257 e. The Morgan fingerprint density at radius 3 is 2.70 bits per heavy atom. The molecule has 0 saturated carbocycles. The lowest BCUT2D eigenvalue weighted by molar-refractivity contribution is -0.124. The smallest absolute Gasteiger partial charge is 0.257 e. The van der Waals surface area contributed by atoms with Gasteiger partial charge in [0.15, 0.2) is 0 Å². The molecule has 27 heavy (non-hydrogen) atoms. The lowest BCUT2D eigenvalue weighted by Gasteiger charge is -2.29. The SMILES string of the molecule is CN(C)CCNC(=O)C1CSC(c2cccs2)N1C(=O)c1ccccc1Cl. The molecule has 1 aliphatic rings. The molecule has 2 amide bonds. The number of nitrogens with zero attached hydrogens (tertiary/aromatic N) is 2. The van der Waals surface area contributed by atoms with E-state index in [1.807, 2.05) is 36.5 Å². The van der Waals surface area contributed by atoms with Crippen LogP contribution in [0.25, 0.3) is 0 Å². The number of halogens is 1. The molecule has 1 aromatic heterocycles. The summed E-state index contributed by atoms with van der Waals surface area (Å²) in [6.45, 7) is 1.29. The molecule has 8 heteroatoms. The van der Waals surface area contributed by atoms with E-state index in [9.17, 15) is 9.59 Å². The fraction of sp³-hybridized carbons (Fsp3) is 0.368. The Morgan fingerprint density at radius 2 is 2.04 bits per heavy atom. The average molecular weight is 424 g/mol. The zero-order valence-corrected chi connectivity index (χ0v) is 17.6. The van der Waals surface area contributed by atoms with Crippen molar-refractivity contribution in [1.82, 2.24) is 15.1 Å². The van der Waals surface area contributed by atoms with Gasteiger partial charge in [0, 0.05) is 23.7 Å². The maximum atomic E-state index is 13.3. The van der Waals surface area contributed by atoms with Crippen molar-refractivity contribution in [3.63, 3.8) is 0 Å². The maximum absolute atomic E-state index is 13.3. The highest BCUT2D eigenvalue weighted by Crippen LogP contribution is 2.44. The molecule has 0 aliphatic carbocycles. The number of carbonyl (C=O) groups is 2. The van der Waals surface area contributed by atoms with Crippen molar-refractivity contribution < 1.29 is 9.59 Å². The first-order valence-electron chi connectivity index (χ1n) is 8.63. The van der Waals surface area contributed by atoms with Gasteiger partial charge in [0.25, 0.3) is 5.91 Å². The predicted octanol–water partition coefficient (Wildman–Crippen LogP) is 3.34. The van der Waals surface area contributed by atoms with Crippen LogP contribution in [0.5, 0.6) is 0 Å². The molecule has 1 N–H and O–H groups in total. The standard InChI is InChI=1S/C19H22ClN3O2S2/c1-22(2)10-9-21-17(24)15-12-27-19(16-8-5-11-26-16)23(15)18(25)13-6-3-4-7-14(13)20/h3-8,11,15,19H,9-10,12H2,1-2H3,(H,21,24). The van der Waals surface area contributed by atoms with Gasteiger partial charge in [-0.1, -0.05) is 29.8 Å². The molecule has 5 nitrogen and oxygen atoms in total. The number of carbonyl (C=O) groups excluding carboxylic acids is 2. The molecule has 1 aliphatic heterocycles. The van der Waals surface area contributed by atoms with Gasteiger partial charge in [-0.05, 0) is 37.7 Å². The summed E-state index contributed by atoms with van der Waals surface area (Å²) in [6.07, 6.45) is 0. The number of thioether (sulfide) groups is 1. The number of benzene rings is 1. The third-order valence-corrected chi connectivity index (χ3v) is 7.00. The Kier molecular flexibility index (Phi) is 6.81. The summed E-state index contributed by atoms with van der Waals surface area (Å²) in [6, 6.07) is 10.4. The van der Waals surface area contributed by atoms with E-state index in [0.717, 1.165) is 11.4 Å². The van der Waals surface area contributed by atoms with E-state index in [1.54, 1.807) is 52.3 Å². The molecule has 2 unspecified atom stereocenters. The van der Waals surface area contributed by atoms with Crippen LogP contribution in [0.2, 0.25) is 5.02 Å². The summed E-state index contributed by atoms with van der Waals surface area (Å²) in [5.41, 5.74) is 0.425. The summed E-state index contributed by atoms with van der Waals surface area (Å²) in [4.78, 5) is 30.9. The van der Waals surface area contributed by atoms with Crippen molar-refractivity contribution >= 4 is 46.5 Å². The van der Waals surface area contributed by atoms with Crippen LogP contribution in [-0.2, 0) is 4.79 Å². The minimum atomic E-state index is -0.520. The molecular formula is C19H22ClN3O2S2. The van der Waals surface area contributed by atoms with E-state index in [-0.39, 0.29) is 17.2 Å². The minimum absolute atomic E-state index is 0.121. The van der Waals surface area contributed by atoms with Crippen molar-refractivity contribution in [1.29, 1.82) is 0 Å². The van der Waals surface area contributed by atoms with E-state index >= 15 is 0 Å². The molecule has 2 atom stereocenters. The molecule has 1 fully saturated rings. The van der Waals surface area contributed by atoms with Gasteiger partial charge in [-0.3, -0.25) is 9.59 Å². The van der Waals surface area contributed by atoms with Gasteiger partial charge < -0.3 is 15.1 Å². The topological polar surface area (TPSA) is 52.7 Å². The van der Waals surface area contributed by atoms with Crippen molar-refractivity contribution in [3.05, 3.63) is 57.2 Å². The zero-order valence-electron chi connectivity index (χ0n) is 15.2. The van der Waals surface area contributed by atoms with E-state index < -0.39 is 6.04 Å². The Balaban J connectivity index is 1.85. The highest BCUT2D eigenvalue weighted by molar-refractivity contribution is 7.99. The van der Waals surface area contributed by atoms with Crippen molar-refractivity contribution in [2.75, 3.05) is 32.9 Å². The first-order chi connectivity index (χ1) is 13.0. The molecule has 1 aromatic carbocycles. The number of thiophene rings is 1. The van der Waals surface area contributed by atoms with E-state index in [0.29, 0.717) is 22.9 Å². The van der Waals surface area contributed by atoms with Gasteiger partial charge >= 0.3 is 0 Å². The third kappa shape index (κ3) is 4.66. The lowest BCUT2D eigenvalue weighted by Crippen LogP contribution is -2.49. The molecule has 0 spiro atoms. The highest BCUT2D eigenvalue weighted by Gasteiger charge is 2.43. The fourth-order valence-electron chi connectivity index (χ4n) is 2.90. The van der Waals surface area contributed by atoms with Crippen molar-refractivity contribution in [3.8, 4) is 0 Å². The zero-order chi connectivity index (χ0) is 19.4. The first-order valence-corrected chi connectivity index (χ1v) is 10.9. The fourth-order valence-corrected chi connectivity index (χ4v) is 5.51. The van der Waals surface area contributed by atoms with Crippen LogP contribution in [0.1, 0.15) is 20.6 Å². The molecule has 2 aromatic rings. The minimum Gasteiger partial charge on any atom is -0.353 e. The van der Waals surface area contributed by atoms with Gasteiger partial charge in [0.05, 0.1) is 10.6 Å². The highest BCUT2D eigenvalue weighted by atomic mass is 35.5. The van der Waals surface area contributed by atoms with E-state index in [2.05, 4.69) is 5.32 Å². The van der Waals surface area contributed by atoms with Gasteiger partial charge in [0.1, 0.15) is 11.4 Å². The summed E-state index contributed by atoms with van der Waals surface area (Å²) < 4.78 is 0. The lowest BCUT2D eigenvalue weighted by atomic mass is 10.1. The van der Waals surface area contributed by atoms with Crippen LogP contribution >= 0.6 is 34.7 Å². The van der Waals surface area contributed by atoms with Crippen LogP contribution in [0.3, 0.4) is 0 Å². The van der Waals surface area contributed by atoms with E-state index in [4.69, 9.17) is 11.6 Å². The average Bonchev–Trinajstić information content (AvgIpc) is 3.30. The monoisotopic (exact) mass is 423 g/mol. The summed E-state index contributed by atoms with van der Waals surface area (Å²) in [5.74, 6) is 0.229. The van der Waals surface area contributed by atoms with Crippen molar-refractivity contribution in [2.24, 2.45) is 0 Å². The number of hydrogen-bond donors (Lipinski definition) is 1. The van der Waals surface area contributed by atoms with Gasteiger partial charge in [0.2, 0.25) is 5.91 Å². The molecule has 1 saturated heterocycles. The Hall–Kier alpha value is -1.54. The molecule has 3 rings (SSSR count). The molecular weight excluding hydrogens is 402 g/mol. The summed E-state index contributed by atoms with van der Waals surface area (Å²) in [5, 5.41) is 5.16. The normalized spacial score (nSPS) is 19.5. The van der Waals surface area contributed by atoms with Crippen LogP contribution < -0.4 is 5.32 Å². The van der Waals surface area contributed by atoms with Crippen LogP contribution in [-0.4, -0.2) is 60.6 Å². The van der Waals surface area contributed by atoms with E-state index in [1.165, 1.54) is 0 Å². The summed E-state index contributed by atoms with van der Waals surface area (Å²) >= 11 is 9.46. The second-order valence-corrected chi connectivity index (χ2v) is 9.00. The Bertz CT molecular complexity index is 798. The second kappa shape index (κ2) is 9.10. The molecule has 0 bridgehead atoms. The second-order valence-electron chi connectivity index (χ2n) is 6.50. The molecule has 144 valence electrons. The largest absolute Gasteiger partial charge is 0.353 e. The Labute approximate surface area is 172 Å². The van der Waals surface area contributed by atoms with Crippen LogP contribution in [0.4, 0.5) is 0 Å². The number of likely N-dealkylation sites (N-methyl/N-ethyl adjacent to an activating group) is 1. The van der Waals surface area contributed by atoms with Crippen molar-refractivity contribution in [2.45, 2.75) is 11.4 Å². The number of hydrogen-bond acceptors (Lipinski definition) is 5. The Morgan fingerprint density at radius 1 is 1.26 bits per heavy atom. The van der Waals surface area contributed by atoms with Crippen LogP contribution in [0, 0.1) is 0 Å². The quantitative estimate of drug-likeness (QED) is 0.774.